The van der Waals surface area contributed by atoms with Gasteiger partial charge in [-0.3, -0.25) is 0 Å². The molecule has 2 nitrogen and oxygen atoms in total. The lowest BCUT2D eigenvalue weighted by Gasteiger charge is -2.44. The first-order chi connectivity index (χ1) is 8.72. The summed E-state index contributed by atoms with van der Waals surface area (Å²) in [6, 6.07) is 8.82. The Morgan fingerprint density at radius 3 is 2.72 bits per heavy atom. The minimum absolute atomic E-state index is 0.346. The summed E-state index contributed by atoms with van der Waals surface area (Å²) in [5.74, 6) is 0.580. The molecule has 98 valence electrons. The highest BCUT2D eigenvalue weighted by atomic mass is 79.9. The molecule has 2 heterocycles. The van der Waals surface area contributed by atoms with Crippen LogP contribution in [0.5, 0.6) is 0 Å². The van der Waals surface area contributed by atoms with E-state index in [0.29, 0.717) is 17.4 Å². The van der Waals surface area contributed by atoms with Crippen molar-refractivity contribution in [2.75, 3.05) is 19.7 Å². The highest BCUT2D eigenvalue weighted by Gasteiger charge is 2.48. The second-order valence-corrected chi connectivity index (χ2v) is 6.47. The maximum atomic E-state index is 5.88. The molecule has 1 aromatic rings. The van der Waals surface area contributed by atoms with Crippen molar-refractivity contribution in [2.45, 2.75) is 31.8 Å². The van der Waals surface area contributed by atoms with Crippen molar-refractivity contribution < 1.29 is 4.74 Å². The first-order valence-corrected chi connectivity index (χ1v) is 7.59. The van der Waals surface area contributed by atoms with Crippen LogP contribution in [-0.2, 0) is 4.74 Å². The van der Waals surface area contributed by atoms with E-state index in [1.54, 1.807) is 0 Å². The summed E-state index contributed by atoms with van der Waals surface area (Å²) in [4.78, 5) is 0. The molecule has 2 fully saturated rings. The van der Waals surface area contributed by atoms with Crippen molar-refractivity contribution >= 4 is 15.9 Å². The van der Waals surface area contributed by atoms with Gasteiger partial charge in [-0.25, -0.2) is 0 Å². The topological polar surface area (TPSA) is 21.3 Å². The standard InChI is InChI=1S/C15H20BrNO/c1-11-15(7-9-18-11)6-8-17-10-14(15)12-2-4-13(16)5-3-12/h2-5,11,14,17H,6-10H2,1H3. The van der Waals surface area contributed by atoms with Crippen LogP contribution in [0.4, 0.5) is 0 Å². The van der Waals surface area contributed by atoms with Crippen LogP contribution in [0.15, 0.2) is 28.7 Å². The minimum atomic E-state index is 0.346. The Balaban J connectivity index is 1.95. The smallest absolute Gasteiger partial charge is 0.0610 e. The Morgan fingerprint density at radius 1 is 1.28 bits per heavy atom. The maximum absolute atomic E-state index is 5.88. The summed E-state index contributed by atoms with van der Waals surface area (Å²) in [5.41, 5.74) is 1.79. The molecule has 2 aliphatic heterocycles. The predicted octanol–water partition coefficient (Wildman–Crippen LogP) is 3.32. The second-order valence-electron chi connectivity index (χ2n) is 5.55. The van der Waals surface area contributed by atoms with Gasteiger partial charge in [-0.15, -0.1) is 0 Å². The molecule has 2 saturated heterocycles. The van der Waals surface area contributed by atoms with E-state index in [-0.39, 0.29) is 0 Å². The third kappa shape index (κ3) is 2.02. The molecule has 0 radical (unpaired) electrons. The number of halogens is 1. The molecule has 18 heavy (non-hydrogen) atoms. The quantitative estimate of drug-likeness (QED) is 0.859. The van der Waals surface area contributed by atoms with E-state index < -0.39 is 0 Å². The van der Waals surface area contributed by atoms with Gasteiger partial charge in [-0.1, -0.05) is 28.1 Å². The fraction of sp³-hybridized carbons (Fsp3) is 0.600. The van der Waals surface area contributed by atoms with E-state index in [1.807, 2.05) is 0 Å². The predicted molar refractivity (Wildman–Crippen MR) is 76.8 cm³/mol. The van der Waals surface area contributed by atoms with E-state index in [9.17, 15) is 0 Å². The molecule has 3 heteroatoms. The summed E-state index contributed by atoms with van der Waals surface area (Å²) in [6.07, 6.45) is 2.82. The summed E-state index contributed by atoms with van der Waals surface area (Å²) >= 11 is 3.52. The number of rotatable bonds is 1. The van der Waals surface area contributed by atoms with Crippen molar-refractivity contribution in [2.24, 2.45) is 5.41 Å². The van der Waals surface area contributed by atoms with Crippen molar-refractivity contribution in [3.8, 4) is 0 Å². The number of ether oxygens (including phenoxy) is 1. The Morgan fingerprint density at radius 2 is 2.06 bits per heavy atom. The molecule has 1 spiro atoms. The van der Waals surface area contributed by atoms with Crippen LogP contribution in [-0.4, -0.2) is 25.8 Å². The van der Waals surface area contributed by atoms with Crippen molar-refractivity contribution in [3.05, 3.63) is 34.3 Å². The molecule has 0 amide bonds. The van der Waals surface area contributed by atoms with Crippen LogP contribution < -0.4 is 5.32 Å². The van der Waals surface area contributed by atoms with Gasteiger partial charge >= 0.3 is 0 Å². The van der Waals surface area contributed by atoms with E-state index in [2.05, 4.69) is 52.4 Å². The summed E-state index contributed by atoms with van der Waals surface area (Å²) < 4.78 is 7.04. The Bertz CT molecular complexity index is 419. The zero-order valence-corrected chi connectivity index (χ0v) is 12.4. The molecule has 3 atom stereocenters. The van der Waals surface area contributed by atoms with Gasteiger partial charge in [0.25, 0.3) is 0 Å². The average Bonchev–Trinajstić information content (AvgIpc) is 2.74. The SMILES string of the molecule is CC1OCCC12CCNCC2c1ccc(Br)cc1. The number of nitrogens with one attached hydrogen (secondary N) is 1. The van der Waals surface area contributed by atoms with E-state index >= 15 is 0 Å². The summed E-state index contributed by atoms with van der Waals surface area (Å²) in [5, 5.41) is 3.55. The van der Waals surface area contributed by atoms with Crippen LogP contribution in [0.1, 0.15) is 31.2 Å². The van der Waals surface area contributed by atoms with Gasteiger partial charge in [0.2, 0.25) is 0 Å². The number of benzene rings is 1. The Kier molecular flexibility index (Phi) is 3.48. The number of hydrogen-bond acceptors (Lipinski definition) is 2. The molecular weight excluding hydrogens is 290 g/mol. The lowest BCUT2D eigenvalue weighted by Crippen LogP contribution is -2.47. The normalized spacial score (nSPS) is 36.1. The van der Waals surface area contributed by atoms with E-state index in [1.165, 1.54) is 18.4 Å². The molecule has 3 rings (SSSR count). The van der Waals surface area contributed by atoms with Crippen LogP contribution >= 0.6 is 15.9 Å². The minimum Gasteiger partial charge on any atom is -0.378 e. The highest BCUT2D eigenvalue weighted by molar-refractivity contribution is 9.10. The van der Waals surface area contributed by atoms with Gasteiger partial charge in [0.05, 0.1) is 6.10 Å². The van der Waals surface area contributed by atoms with Gasteiger partial charge in [0.15, 0.2) is 0 Å². The van der Waals surface area contributed by atoms with Crippen LogP contribution in [0.3, 0.4) is 0 Å². The summed E-state index contributed by atoms with van der Waals surface area (Å²) in [7, 11) is 0. The fourth-order valence-electron chi connectivity index (χ4n) is 3.67. The molecule has 0 bridgehead atoms. The molecule has 1 aromatic carbocycles. The Hall–Kier alpha value is -0.380. The van der Waals surface area contributed by atoms with Crippen LogP contribution in [0.2, 0.25) is 0 Å². The summed E-state index contributed by atoms with van der Waals surface area (Å²) in [6.45, 7) is 5.38. The van der Waals surface area contributed by atoms with E-state index in [0.717, 1.165) is 24.2 Å². The zero-order chi connectivity index (χ0) is 12.6. The van der Waals surface area contributed by atoms with Crippen molar-refractivity contribution in [1.29, 1.82) is 0 Å². The molecular formula is C15H20BrNO. The molecule has 3 unspecified atom stereocenters. The molecule has 0 aliphatic carbocycles. The lowest BCUT2D eigenvalue weighted by atomic mass is 9.64. The number of hydrogen-bond donors (Lipinski definition) is 1. The van der Waals surface area contributed by atoms with Crippen molar-refractivity contribution in [1.82, 2.24) is 5.32 Å². The van der Waals surface area contributed by atoms with Gasteiger partial charge < -0.3 is 10.1 Å². The molecule has 2 aliphatic rings. The maximum Gasteiger partial charge on any atom is 0.0610 e. The van der Waals surface area contributed by atoms with E-state index in [4.69, 9.17) is 4.74 Å². The molecule has 1 N–H and O–H groups in total. The van der Waals surface area contributed by atoms with Crippen LogP contribution in [0.25, 0.3) is 0 Å². The molecule has 0 saturated carbocycles. The monoisotopic (exact) mass is 309 g/mol. The van der Waals surface area contributed by atoms with Gasteiger partial charge in [-0.2, -0.15) is 0 Å². The third-order valence-electron chi connectivity index (χ3n) is 4.83. The largest absolute Gasteiger partial charge is 0.378 e. The van der Waals surface area contributed by atoms with Gasteiger partial charge in [-0.05, 0) is 44.0 Å². The fourth-order valence-corrected chi connectivity index (χ4v) is 3.93. The van der Waals surface area contributed by atoms with Crippen molar-refractivity contribution in [3.63, 3.8) is 0 Å². The third-order valence-corrected chi connectivity index (χ3v) is 5.36. The van der Waals surface area contributed by atoms with Crippen LogP contribution in [0, 0.1) is 5.41 Å². The number of piperidine rings is 1. The highest BCUT2D eigenvalue weighted by Crippen LogP contribution is 2.50. The first-order valence-electron chi connectivity index (χ1n) is 6.80. The first kappa shape index (κ1) is 12.6. The van der Waals surface area contributed by atoms with Gasteiger partial charge in [0, 0.05) is 29.0 Å². The lowest BCUT2D eigenvalue weighted by molar-refractivity contribution is 0.0326. The zero-order valence-electron chi connectivity index (χ0n) is 10.8. The van der Waals surface area contributed by atoms with Gasteiger partial charge in [0.1, 0.15) is 0 Å². The molecule has 0 aromatic heterocycles. The Labute approximate surface area is 117 Å². The second kappa shape index (κ2) is 4.95. The average molecular weight is 310 g/mol.